The van der Waals surface area contributed by atoms with Crippen LogP contribution in [0.5, 0.6) is 23.0 Å². The Morgan fingerprint density at radius 2 is 1.65 bits per heavy atom. The number of aromatic nitrogens is 4. The third-order valence-electron chi connectivity index (χ3n) is 4.99. The first-order valence-electron chi connectivity index (χ1n) is 10.6. The van der Waals surface area contributed by atoms with E-state index in [2.05, 4.69) is 15.4 Å². The van der Waals surface area contributed by atoms with Crippen molar-refractivity contribution in [2.75, 3.05) is 27.9 Å². The summed E-state index contributed by atoms with van der Waals surface area (Å²) in [5.74, 6) is 4.35. The SMILES string of the molecule is CCOc1ccc(-n2c(SCc3cc(C)on3)nnc2-c2cc(OC)c(OC)c(OC)c2)cc1. The molecule has 0 amide bonds. The van der Waals surface area contributed by atoms with Gasteiger partial charge in [0.25, 0.3) is 0 Å². The molecule has 0 unspecified atom stereocenters. The Morgan fingerprint density at radius 3 is 2.21 bits per heavy atom. The third-order valence-corrected chi connectivity index (χ3v) is 5.95. The maximum Gasteiger partial charge on any atom is 0.203 e. The van der Waals surface area contributed by atoms with Crippen molar-refractivity contribution < 1.29 is 23.5 Å². The molecule has 178 valence electrons. The number of methoxy groups -OCH3 is 3. The summed E-state index contributed by atoms with van der Waals surface area (Å²) in [7, 11) is 4.74. The lowest BCUT2D eigenvalue weighted by Crippen LogP contribution is -2.02. The number of rotatable bonds is 10. The smallest absolute Gasteiger partial charge is 0.203 e. The third kappa shape index (κ3) is 4.81. The second kappa shape index (κ2) is 10.5. The van der Waals surface area contributed by atoms with E-state index in [1.165, 1.54) is 11.8 Å². The molecular weight excluding hydrogens is 456 g/mol. The molecule has 34 heavy (non-hydrogen) atoms. The zero-order valence-electron chi connectivity index (χ0n) is 19.7. The molecule has 0 aliphatic rings. The molecule has 0 saturated heterocycles. The van der Waals surface area contributed by atoms with Crippen molar-refractivity contribution in [3.05, 3.63) is 53.9 Å². The summed E-state index contributed by atoms with van der Waals surface area (Å²) < 4.78 is 29.3. The molecule has 0 saturated carbocycles. The van der Waals surface area contributed by atoms with E-state index in [-0.39, 0.29) is 0 Å². The Morgan fingerprint density at radius 1 is 0.941 bits per heavy atom. The number of nitrogens with zero attached hydrogens (tertiary/aromatic N) is 4. The van der Waals surface area contributed by atoms with Gasteiger partial charge in [0.15, 0.2) is 22.5 Å². The van der Waals surface area contributed by atoms with E-state index >= 15 is 0 Å². The van der Waals surface area contributed by atoms with Crippen LogP contribution in [-0.2, 0) is 5.75 Å². The number of aryl methyl sites for hydroxylation is 1. The van der Waals surface area contributed by atoms with Gasteiger partial charge in [-0.2, -0.15) is 0 Å². The standard InChI is InChI=1S/C24H26N4O5S/c1-6-32-19-9-7-18(8-10-19)28-23(16-12-20(29-3)22(31-5)21(13-16)30-4)25-26-24(28)34-14-17-11-15(2)33-27-17/h7-13H,6,14H2,1-5H3. The largest absolute Gasteiger partial charge is 0.494 e. The fourth-order valence-electron chi connectivity index (χ4n) is 3.48. The molecule has 10 heteroatoms. The van der Waals surface area contributed by atoms with Crippen molar-refractivity contribution in [1.29, 1.82) is 0 Å². The van der Waals surface area contributed by atoms with E-state index in [4.69, 9.17) is 23.5 Å². The molecule has 0 bridgehead atoms. The van der Waals surface area contributed by atoms with Crippen LogP contribution in [0.2, 0.25) is 0 Å². The van der Waals surface area contributed by atoms with Crippen LogP contribution in [0.3, 0.4) is 0 Å². The molecule has 0 atom stereocenters. The summed E-state index contributed by atoms with van der Waals surface area (Å²) in [5.41, 5.74) is 2.48. The number of benzene rings is 2. The quantitative estimate of drug-likeness (QED) is 0.291. The highest BCUT2D eigenvalue weighted by atomic mass is 32.2. The highest BCUT2D eigenvalue weighted by Gasteiger charge is 2.21. The van der Waals surface area contributed by atoms with Crippen LogP contribution < -0.4 is 18.9 Å². The summed E-state index contributed by atoms with van der Waals surface area (Å²) in [6.07, 6.45) is 0. The van der Waals surface area contributed by atoms with Gasteiger partial charge in [0.05, 0.1) is 33.6 Å². The molecule has 2 aromatic heterocycles. The van der Waals surface area contributed by atoms with Crippen LogP contribution in [-0.4, -0.2) is 47.9 Å². The van der Waals surface area contributed by atoms with Gasteiger partial charge in [0.1, 0.15) is 11.5 Å². The minimum Gasteiger partial charge on any atom is -0.494 e. The maximum absolute atomic E-state index is 5.61. The zero-order valence-corrected chi connectivity index (χ0v) is 20.5. The Bertz CT molecular complexity index is 1230. The van der Waals surface area contributed by atoms with Gasteiger partial charge < -0.3 is 23.5 Å². The first-order chi connectivity index (χ1) is 16.6. The van der Waals surface area contributed by atoms with E-state index in [0.29, 0.717) is 40.6 Å². The average molecular weight is 483 g/mol. The van der Waals surface area contributed by atoms with Gasteiger partial charge in [-0.25, -0.2) is 0 Å². The Labute approximate surface area is 202 Å². The van der Waals surface area contributed by atoms with E-state index in [1.807, 2.05) is 60.9 Å². The Hall–Kier alpha value is -3.66. The van der Waals surface area contributed by atoms with Gasteiger partial charge in [-0.05, 0) is 50.2 Å². The molecule has 0 aliphatic carbocycles. The summed E-state index contributed by atoms with van der Waals surface area (Å²) in [6.45, 7) is 4.42. The van der Waals surface area contributed by atoms with Gasteiger partial charge >= 0.3 is 0 Å². The molecule has 0 N–H and O–H groups in total. The van der Waals surface area contributed by atoms with Gasteiger partial charge in [-0.1, -0.05) is 16.9 Å². The highest BCUT2D eigenvalue weighted by molar-refractivity contribution is 7.98. The number of hydrogen-bond donors (Lipinski definition) is 0. The molecule has 0 fully saturated rings. The zero-order chi connectivity index (χ0) is 24.1. The summed E-state index contributed by atoms with van der Waals surface area (Å²) >= 11 is 1.51. The monoisotopic (exact) mass is 482 g/mol. The van der Waals surface area contributed by atoms with Crippen LogP contribution in [0.4, 0.5) is 0 Å². The van der Waals surface area contributed by atoms with Crippen LogP contribution in [0, 0.1) is 6.92 Å². The minimum absolute atomic E-state index is 0.511. The summed E-state index contributed by atoms with van der Waals surface area (Å²) in [6, 6.07) is 13.4. The van der Waals surface area contributed by atoms with E-state index in [1.54, 1.807) is 21.3 Å². The minimum atomic E-state index is 0.511. The Kier molecular flexibility index (Phi) is 7.27. The second-order valence-corrected chi connectivity index (χ2v) is 8.14. The Balaban J connectivity index is 1.80. The van der Waals surface area contributed by atoms with Crippen LogP contribution >= 0.6 is 11.8 Å². The van der Waals surface area contributed by atoms with Crippen molar-refractivity contribution in [2.45, 2.75) is 24.8 Å². The topological polar surface area (TPSA) is 93.7 Å². The van der Waals surface area contributed by atoms with Gasteiger partial charge in [-0.15, -0.1) is 10.2 Å². The summed E-state index contributed by atoms with van der Waals surface area (Å²) in [4.78, 5) is 0. The molecule has 9 nitrogen and oxygen atoms in total. The molecular formula is C24H26N4O5S. The van der Waals surface area contributed by atoms with Crippen LogP contribution in [0.1, 0.15) is 18.4 Å². The molecule has 0 spiro atoms. The molecule has 0 radical (unpaired) electrons. The predicted molar refractivity (Wildman–Crippen MR) is 128 cm³/mol. The van der Waals surface area contributed by atoms with Crippen LogP contribution in [0.15, 0.2) is 52.1 Å². The normalized spacial score (nSPS) is 10.9. The molecule has 4 aromatic rings. The number of hydrogen-bond acceptors (Lipinski definition) is 9. The molecule has 2 aromatic carbocycles. The van der Waals surface area contributed by atoms with Crippen molar-refractivity contribution >= 4 is 11.8 Å². The average Bonchev–Trinajstić information content (AvgIpc) is 3.48. The lowest BCUT2D eigenvalue weighted by molar-refractivity contribution is 0.324. The molecule has 0 aliphatic heterocycles. The van der Waals surface area contributed by atoms with Crippen molar-refractivity contribution in [1.82, 2.24) is 19.9 Å². The van der Waals surface area contributed by atoms with Gasteiger partial charge in [-0.3, -0.25) is 4.57 Å². The maximum atomic E-state index is 5.61. The van der Waals surface area contributed by atoms with E-state index in [9.17, 15) is 0 Å². The second-order valence-electron chi connectivity index (χ2n) is 7.20. The lowest BCUT2D eigenvalue weighted by atomic mass is 10.1. The van der Waals surface area contributed by atoms with Crippen LogP contribution in [0.25, 0.3) is 17.1 Å². The first kappa shape index (κ1) is 23.5. The fraction of sp³-hybridized carbons (Fsp3) is 0.292. The predicted octanol–water partition coefficient (Wildman–Crippen LogP) is 4.95. The molecule has 2 heterocycles. The fourth-order valence-corrected chi connectivity index (χ4v) is 4.31. The van der Waals surface area contributed by atoms with E-state index in [0.717, 1.165) is 28.5 Å². The van der Waals surface area contributed by atoms with Crippen molar-refractivity contribution in [3.63, 3.8) is 0 Å². The van der Waals surface area contributed by atoms with Gasteiger partial charge in [0.2, 0.25) is 5.75 Å². The number of thioether (sulfide) groups is 1. The first-order valence-corrected chi connectivity index (χ1v) is 11.6. The van der Waals surface area contributed by atoms with Crippen molar-refractivity contribution in [3.8, 4) is 40.1 Å². The lowest BCUT2D eigenvalue weighted by Gasteiger charge is -2.15. The molecule has 4 rings (SSSR count). The number of ether oxygens (including phenoxy) is 4. The van der Waals surface area contributed by atoms with Crippen molar-refractivity contribution in [2.24, 2.45) is 0 Å². The van der Waals surface area contributed by atoms with E-state index < -0.39 is 0 Å². The summed E-state index contributed by atoms with van der Waals surface area (Å²) in [5, 5.41) is 13.8. The van der Waals surface area contributed by atoms with Gasteiger partial charge in [0, 0.05) is 23.1 Å². The highest BCUT2D eigenvalue weighted by Crippen LogP contribution is 2.42.